The summed E-state index contributed by atoms with van der Waals surface area (Å²) in [6, 6.07) is 9.94. The maximum atomic E-state index is 13.8. The van der Waals surface area contributed by atoms with Gasteiger partial charge in [0.25, 0.3) is 0 Å². The summed E-state index contributed by atoms with van der Waals surface area (Å²) in [7, 11) is 0. The minimum atomic E-state index is -0.390. The highest BCUT2D eigenvalue weighted by atomic mass is 19.1. The maximum Gasteiger partial charge on any atom is 0.126 e. The summed E-state index contributed by atoms with van der Waals surface area (Å²) in [5, 5.41) is 3.42. The Morgan fingerprint density at radius 3 is 2.86 bits per heavy atom. The lowest BCUT2D eigenvalue weighted by Gasteiger charge is -2.14. The van der Waals surface area contributed by atoms with Crippen molar-refractivity contribution in [3.63, 3.8) is 0 Å². The molecule has 21 heavy (non-hydrogen) atoms. The molecule has 0 fully saturated rings. The average molecular weight is 287 g/mol. The summed E-state index contributed by atoms with van der Waals surface area (Å²) >= 11 is 0. The summed E-state index contributed by atoms with van der Waals surface area (Å²) in [6.07, 6.45) is 1.45. The van der Waals surface area contributed by atoms with Gasteiger partial charge < -0.3 is 5.32 Å². The zero-order valence-corrected chi connectivity index (χ0v) is 12.1. The number of hydrogen-bond acceptors (Lipinski definition) is 1. The van der Waals surface area contributed by atoms with Crippen LogP contribution in [-0.4, -0.2) is 13.1 Å². The van der Waals surface area contributed by atoms with E-state index in [9.17, 15) is 8.78 Å². The average Bonchev–Trinajstić information content (AvgIpc) is 2.65. The van der Waals surface area contributed by atoms with Crippen LogP contribution in [0.1, 0.15) is 35.1 Å². The van der Waals surface area contributed by atoms with Crippen molar-refractivity contribution in [3.8, 4) is 0 Å². The van der Waals surface area contributed by atoms with Gasteiger partial charge in [0.1, 0.15) is 11.6 Å². The van der Waals surface area contributed by atoms with Gasteiger partial charge >= 0.3 is 0 Å². The number of rotatable bonds is 2. The van der Waals surface area contributed by atoms with Crippen molar-refractivity contribution in [1.29, 1.82) is 0 Å². The molecule has 1 aliphatic rings. The van der Waals surface area contributed by atoms with Gasteiger partial charge in [0.05, 0.1) is 0 Å². The minimum absolute atomic E-state index is 0.346. The second-order valence-electron chi connectivity index (χ2n) is 5.80. The van der Waals surface area contributed by atoms with Crippen LogP contribution in [0.3, 0.4) is 0 Å². The van der Waals surface area contributed by atoms with E-state index in [1.165, 1.54) is 23.3 Å². The monoisotopic (exact) mass is 287 g/mol. The molecule has 0 spiro atoms. The lowest BCUT2D eigenvalue weighted by Crippen LogP contribution is -2.18. The van der Waals surface area contributed by atoms with E-state index < -0.39 is 5.82 Å². The third kappa shape index (κ3) is 3.13. The molecule has 0 saturated carbocycles. The van der Waals surface area contributed by atoms with Crippen LogP contribution in [0.15, 0.2) is 36.4 Å². The summed E-state index contributed by atoms with van der Waals surface area (Å²) in [6.45, 7) is 4.16. The van der Waals surface area contributed by atoms with E-state index in [2.05, 4.69) is 24.4 Å². The van der Waals surface area contributed by atoms with Crippen molar-refractivity contribution in [1.82, 2.24) is 5.32 Å². The Morgan fingerprint density at radius 2 is 2.00 bits per heavy atom. The number of hydrogen-bond donors (Lipinski definition) is 1. The third-order valence-electron chi connectivity index (χ3n) is 4.17. The second-order valence-corrected chi connectivity index (χ2v) is 5.80. The Bertz CT molecular complexity index is 652. The smallest absolute Gasteiger partial charge is 0.126 e. The van der Waals surface area contributed by atoms with Crippen LogP contribution >= 0.6 is 0 Å². The van der Waals surface area contributed by atoms with Gasteiger partial charge in [-0.2, -0.15) is 0 Å². The Balaban J connectivity index is 1.91. The molecule has 0 aromatic heterocycles. The van der Waals surface area contributed by atoms with E-state index in [0.717, 1.165) is 31.1 Å². The number of halogens is 2. The van der Waals surface area contributed by atoms with Crippen LogP contribution in [0.25, 0.3) is 0 Å². The molecule has 0 saturated heterocycles. The first-order valence-corrected chi connectivity index (χ1v) is 7.40. The Kier molecular flexibility index (Phi) is 4.02. The van der Waals surface area contributed by atoms with Crippen molar-refractivity contribution < 1.29 is 8.78 Å². The SMILES string of the molecule is CC1CNCCc2ccc(Cc3cc(F)ccc3F)cc21. The van der Waals surface area contributed by atoms with Crippen molar-refractivity contribution in [2.24, 2.45) is 0 Å². The molecule has 2 aromatic carbocycles. The standard InChI is InChI=1S/C18H19F2N/c1-12-11-21-7-6-14-3-2-13(9-17(12)14)8-15-10-16(19)4-5-18(15)20/h2-5,9-10,12,21H,6-8,11H2,1H3. The highest BCUT2D eigenvalue weighted by Crippen LogP contribution is 2.25. The molecule has 3 heteroatoms. The first-order chi connectivity index (χ1) is 10.1. The van der Waals surface area contributed by atoms with Crippen molar-refractivity contribution in [2.75, 3.05) is 13.1 Å². The molecule has 110 valence electrons. The van der Waals surface area contributed by atoms with E-state index in [4.69, 9.17) is 0 Å². The molecule has 2 aromatic rings. The largest absolute Gasteiger partial charge is 0.316 e. The summed E-state index contributed by atoms with van der Waals surface area (Å²) in [5.41, 5.74) is 4.13. The highest BCUT2D eigenvalue weighted by Gasteiger charge is 2.15. The lowest BCUT2D eigenvalue weighted by atomic mass is 9.91. The number of nitrogens with one attached hydrogen (secondary N) is 1. The van der Waals surface area contributed by atoms with Crippen molar-refractivity contribution in [3.05, 3.63) is 70.3 Å². The van der Waals surface area contributed by atoms with E-state index in [-0.39, 0.29) is 5.82 Å². The van der Waals surface area contributed by atoms with Gasteiger partial charge in [-0.05, 0) is 59.3 Å². The fraction of sp³-hybridized carbons (Fsp3) is 0.333. The fourth-order valence-corrected chi connectivity index (χ4v) is 2.99. The van der Waals surface area contributed by atoms with E-state index >= 15 is 0 Å². The molecular weight excluding hydrogens is 268 g/mol. The summed E-state index contributed by atoms with van der Waals surface area (Å²) in [5.74, 6) is -0.292. The lowest BCUT2D eigenvalue weighted by molar-refractivity contribution is 0.588. The Morgan fingerprint density at radius 1 is 1.14 bits per heavy atom. The number of benzene rings is 2. The van der Waals surface area contributed by atoms with Gasteiger partial charge in [0, 0.05) is 13.0 Å². The molecule has 1 N–H and O–H groups in total. The van der Waals surface area contributed by atoms with Crippen LogP contribution < -0.4 is 5.32 Å². The Labute approximate surface area is 124 Å². The van der Waals surface area contributed by atoms with Gasteiger partial charge in [-0.3, -0.25) is 0 Å². The minimum Gasteiger partial charge on any atom is -0.316 e. The molecule has 0 bridgehead atoms. The summed E-state index contributed by atoms with van der Waals surface area (Å²) in [4.78, 5) is 0. The second kappa shape index (κ2) is 5.94. The van der Waals surface area contributed by atoms with Crippen molar-refractivity contribution in [2.45, 2.75) is 25.7 Å². The van der Waals surface area contributed by atoms with Gasteiger partial charge in [0.15, 0.2) is 0 Å². The molecule has 1 heterocycles. The zero-order chi connectivity index (χ0) is 14.8. The molecule has 1 unspecified atom stereocenters. The highest BCUT2D eigenvalue weighted by molar-refractivity contribution is 5.38. The van der Waals surface area contributed by atoms with Gasteiger partial charge in [-0.25, -0.2) is 8.78 Å². The molecule has 0 aliphatic carbocycles. The number of fused-ring (bicyclic) bond motifs is 1. The quantitative estimate of drug-likeness (QED) is 0.886. The van der Waals surface area contributed by atoms with Gasteiger partial charge in [-0.15, -0.1) is 0 Å². The van der Waals surface area contributed by atoms with Crippen LogP contribution in [-0.2, 0) is 12.8 Å². The molecule has 0 amide bonds. The first-order valence-electron chi connectivity index (χ1n) is 7.40. The summed E-state index contributed by atoms with van der Waals surface area (Å²) < 4.78 is 27.0. The van der Waals surface area contributed by atoms with Gasteiger partial charge in [0.2, 0.25) is 0 Å². The molecule has 1 aliphatic heterocycles. The van der Waals surface area contributed by atoms with Crippen LogP contribution in [0.5, 0.6) is 0 Å². The molecule has 1 atom stereocenters. The Hall–Kier alpha value is -1.74. The van der Waals surface area contributed by atoms with E-state index in [1.54, 1.807) is 0 Å². The maximum absolute atomic E-state index is 13.8. The first kappa shape index (κ1) is 14.2. The van der Waals surface area contributed by atoms with Gasteiger partial charge in [-0.1, -0.05) is 25.1 Å². The fourth-order valence-electron chi connectivity index (χ4n) is 2.99. The molecular formula is C18H19F2N. The van der Waals surface area contributed by atoms with Crippen LogP contribution in [0.2, 0.25) is 0 Å². The molecule has 3 rings (SSSR count). The van der Waals surface area contributed by atoms with E-state index in [1.807, 2.05) is 6.07 Å². The predicted molar refractivity (Wildman–Crippen MR) is 80.6 cm³/mol. The predicted octanol–water partition coefficient (Wildman–Crippen LogP) is 3.80. The molecule has 1 nitrogen and oxygen atoms in total. The van der Waals surface area contributed by atoms with Crippen LogP contribution in [0, 0.1) is 11.6 Å². The molecule has 0 radical (unpaired) electrons. The zero-order valence-electron chi connectivity index (χ0n) is 12.1. The van der Waals surface area contributed by atoms with Crippen molar-refractivity contribution >= 4 is 0 Å². The van der Waals surface area contributed by atoms with Crippen LogP contribution in [0.4, 0.5) is 8.78 Å². The normalized spacial score (nSPS) is 18.1. The topological polar surface area (TPSA) is 12.0 Å². The third-order valence-corrected chi connectivity index (χ3v) is 4.17. The van der Waals surface area contributed by atoms with E-state index in [0.29, 0.717) is 17.9 Å².